The van der Waals surface area contributed by atoms with Crippen LogP contribution in [0.3, 0.4) is 0 Å². The first-order valence-electron chi connectivity index (χ1n) is 5.42. The van der Waals surface area contributed by atoms with E-state index >= 15 is 0 Å². The highest BCUT2D eigenvalue weighted by Crippen LogP contribution is 2.31. The molecule has 0 heterocycles. The van der Waals surface area contributed by atoms with Gasteiger partial charge in [0.05, 0.1) is 0 Å². The molecule has 0 atom stereocenters. The molecule has 0 saturated heterocycles. The summed E-state index contributed by atoms with van der Waals surface area (Å²) in [7, 11) is 0. The van der Waals surface area contributed by atoms with Crippen LogP contribution < -0.4 is 15.2 Å². The Kier molecular flexibility index (Phi) is 3.69. The van der Waals surface area contributed by atoms with E-state index in [1.807, 2.05) is 0 Å². The maximum absolute atomic E-state index is 13.2. The number of rotatable bonds is 3. The Labute approximate surface area is 111 Å². The van der Waals surface area contributed by atoms with E-state index in [-0.39, 0.29) is 5.75 Å². The van der Waals surface area contributed by atoms with Crippen LogP contribution >= 0.6 is 0 Å². The number of benzene rings is 2. The van der Waals surface area contributed by atoms with E-state index in [2.05, 4.69) is 4.74 Å². The van der Waals surface area contributed by atoms with Gasteiger partial charge in [-0.25, -0.2) is 4.39 Å². The second-order valence-corrected chi connectivity index (χ2v) is 3.81. The minimum atomic E-state index is -4.97. The molecule has 2 N–H and O–H groups in total. The summed E-state index contributed by atoms with van der Waals surface area (Å²) < 4.78 is 58.3. The van der Waals surface area contributed by atoms with Gasteiger partial charge in [0.1, 0.15) is 11.5 Å². The molecular formula is C13H9F4NO2. The second-order valence-electron chi connectivity index (χ2n) is 3.81. The summed E-state index contributed by atoms with van der Waals surface area (Å²) >= 11 is 0. The summed E-state index contributed by atoms with van der Waals surface area (Å²) in [5.41, 5.74) is 5.99. The van der Waals surface area contributed by atoms with E-state index in [0.717, 1.165) is 12.1 Å². The minimum absolute atomic E-state index is 0.00965. The highest BCUT2D eigenvalue weighted by Gasteiger charge is 2.32. The lowest BCUT2D eigenvalue weighted by Gasteiger charge is -2.11. The van der Waals surface area contributed by atoms with E-state index < -0.39 is 17.9 Å². The number of hydrogen-bond acceptors (Lipinski definition) is 3. The fourth-order valence-electron chi connectivity index (χ4n) is 1.42. The van der Waals surface area contributed by atoms with Crippen molar-refractivity contribution in [2.45, 2.75) is 6.36 Å². The van der Waals surface area contributed by atoms with Gasteiger partial charge in [-0.15, -0.1) is 13.2 Å². The van der Waals surface area contributed by atoms with Crippen molar-refractivity contribution in [1.29, 1.82) is 0 Å². The van der Waals surface area contributed by atoms with Crippen molar-refractivity contribution in [1.82, 2.24) is 0 Å². The molecule has 0 aliphatic rings. The Balaban J connectivity index is 2.20. The largest absolute Gasteiger partial charge is 0.573 e. The highest BCUT2D eigenvalue weighted by atomic mass is 19.4. The SMILES string of the molecule is Nc1ccc(Oc2ccc(F)c(OC(F)(F)F)c2)cc1. The number of nitrogens with two attached hydrogens (primary N) is 1. The Morgan fingerprint density at radius 1 is 0.900 bits per heavy atom. The molecule has 20 heavy (non-hydrogen) atoms. The first kappa shape index (κ1) is 14.0. The maximum atomic E-state index is 13.2. The predicted molar refractivity (Wildman–Crippen MR) is 64.0 cm³/mol. The number of nitrogen functional groups attached to an aromatic ring is 1. The van der Waals surface area contributed by atoms with Crippen LogP contribution in [-0.2, 0) is 0 Å². The molecule has 0 spiro atoms. The first-order valence-corrected chi connectivity index (χ1v) is 5.42. The van der Waals surface area contributed by atoms with Crippen molar-refractivity contribution in [2.24, 2.45) is 0 Å². The fourth-order valence-corrected chi connectivity index (χ4v) is 1.42. The van der Waals surface area contributed by atoms with Crippen LogP contribution in [-0.4, -0.2) is 6.36 Å². The summed E-state index contributed by atoms with van der Waals surface area (Å²) in [6.45, 7) is 0. The Morgan fingerprint density at radius 2 is 1.50 bits per heavy atom. The van der Waals surface area contributed by atoms with E-state index in [1.165, 1.54) is 18.2 Å². The number of hydrogen-bond donors (Lipinski definition) is 1. The van der Waals surface area contributed by atoms with Gasteiger partial charge < -0.3 is 15.2 Å². The Morgan fingerprint density at radius 3 is 2.10 bits per heavy atom. The summed E-state index contributed by atoms with van der Waals surface area (Å²) in [6, 6.07) is 9.02. The molecule has 0 aromatic heterocycles. The van der Waals surface area contributed by atoms with Gasteiger partial charge in [-0.3, -0.25) is 0 Å². The average Bonchev–Trinajstić information content (AvgIpc) is 2.34. The Bertz CT molecular complexity index is 596. The second kappa shape index (κ2) is 5.28. The van der Waals surface area contributed by atoms with Gasteiger partial charge >= 0.3 is 6.36 Å². The van der Waals surface area contributed by atoms with Crippen LogP contribution in [0.2, 0.25) is 0 Å². The standard InChI is InChI=1S/C13H9F4NO2/c14-11-6-5-10(7-12(11)20-13(15,16)17)19-9-3-1-8(18)2-4-9/h1-7H,18H2. The lowest BCUT2D eigenvalue weighted by Crippen LogP contribution is -2.17. The van der Waals surface area contributed by atoms with Crippen molar-refractivity contribution < 1.29 is 27.0 Å². The molecule has 0 aliphatic heterocycles. The van der Waals surface area contributed by atoms with Crippen LogP contribution in [0.15, 0.2) is 42.5 Å². The van der Waals surface area contributed by atoms with E-state index in [0.29, 0.717) is 11.4 Å². The van der Waals surface area contributed by atoms with Crippen LogP contribution in [0.1, 0.15) is 0 Å². The lowest BCUT2D eigenvalue weighted by atomic mass is 10.3. The van der Waals surface area contributed by atoms with E-state index in [9.17, 15) is 17.6 Å². The third kappa shape index (κ3) is 3.78. The molecule has 2 aromatic carbocycles. The zero-order valence-corrected chi connectivity index (χ0v) is 9.95. The Hall–Kier alpha value is -2.44. The first-order chi connectivity index (χ1) is 9.33. The van der Waals surface area contributed by atoms with Crippen molar-refractivity contribution in [3.63, 3.8) is 0 Å². The minimum Gasteiger partial charge on any atom is -0.457 e. The van der Waals surface area contributed by atoms with Gasteiger partial charge in [-0.1, -0.05) is 0 Å². The van der Waals surface area contributed by atoms with Crippen molar-refractivity contribution in [3.05, 3.63) is 48.3 Å². The van der Waals surface area contributed by atoms with Gasteiger partial charge in [0, 0.05) is 11.8 Å². The maximum Gasteiger partial charge on any atom is 0.573 e. The smallest absolute Gasteiger partial charge is 0.457 e. The van der Waals surface area contributed by atoms with Crippen LogP contribution in [0, 0.1) is 5.82 Å². The topological polar surface area (TPSA) is 44.5 Å². The van der Waals surface area contributed by atoms with Crippen molar-refractivity contribution >= 4 is 5.69 Å². The summed E-state index contributed by atoms with van der Waals surface area (Å²) in [5, 5.41) is 0. The molecule has 0 radical (unpaired) electrons. The molecule has 0 bridgehead atoms. The molecule has 7 heteroatoms. The number of ether oxygens (including phenoxy) is 2. The van der Waals surface area contributed by atoms with Crippen LogP contribution in [0.5, 0.6) is 17.2 Å². The lowest BCUT2D eigenvalue weighted by molar-refractivity contribution is -0.275. The molecule has 0 saturated carbocycles. The monoisotopic (exact) mass is 287 g/mol. The number of anilines is 1. The van der Waals surface area contributed by atoms with Gasteiger partial charge in [-0.2, -0.15) is 0 Å². The average molecular weight is 287 g/mol. The van der Waals surface area contributed by atoms with Gasteiger partial charge in [0.15, 0.2) is 11.6 Å². The highest BCUT2D eigenvalue weighted by molar-refractivity contribution is 5.44. The fraction of sp³-hybridized carbons (Fsp3) is 0.0769. The quantitative estimate of drug-likeness (QED) is 0.682. The molecule has 0 unspecified atom stereocenters. The summed E-state index contributed by atoms with van der Waals surface area (Å²) in [4.78, 5) is 0. The van der Waals surface area contributed by atoms with Gasteiger partial charge in [-0.05, 0) is 36.4 Å². The van der Waals surface area contributed by atoms with E-state index in [1.54, 1.807) is 12.1 Å². The molecular weight excluding hydrogens is 278 g/mol. The predicted octanol–water partition coefficient (Wildman–Crippen LogP) is 4.10. The summed E-state index contributed by atoms with van der Waals surface area (Å²) in [5.74, 6) is -1.73. The molecule has 2 aromatic rings. The summed E-state index contributed by atoms with van der Waals surface area (Å²) in [6.07, 6.45) is -4.97. The molecule has 2 rings (SSSR count). The molecule has 0 aliphatic carbocycles. The van der Waals surface area contributed by atoms with Crippen molar-refractivity contribution in [2.75, 3.05) is 5.73 Å². The molecule has 106 valence electrons. The number of halogens is 4. The van der Waals surface area contributed by atoms with Gasteiger partial charge in [0.2, 0.25) is 0 Å². The van der Waals surface area contributed by atoms with Crippen LogP contribution in [0.4, 0.5) is 23.2 Å². The van der Waals surface area contributed by atoms with Gasteiger partial charge in [0.25, 0.3) is 0 Å². The molecule has 3 nitrogen and oxygen atoms in total. The molecule has 0 amide bonds. The molecule has 0 fully saturated rings. The third-order valence-electron chi connectivity index (χ3n) is 2.24. The normalized spacial score (nSPS) is 11.2. The zero-order valence-electron chi connectivity index (χ0n) is 9.95. The van der Waals surface area contributed by atoms with Crippen LogP contribution in [0.25, 0.3) is 0 Å². The zero-order chi connectivity index (χ0) is 14.8. The van der Waals surface area contributed by atoms with Crippen molar-refractivity contribution in [3.8, 4) is 17.2 Å². The number of alkyl halides is 3. The van der Waals surface area contributed by atoms with E-state index in [4.69, 9.17) is 10.5 Å². The third-order valence-corrected chi connectivity index (χ3v) is 2.24.